The summed E-state index contributed by atoms with van der Waals surface area (Å²) < 4.78 is 34.0. The molecule has 0 aromatic carbocycles. The van der Waals surface area contributed by atoms with Gasteiger partial charge in [0.2, 0.25) is 10.0 Å². The molecule has 0 bridgehead atoms. The molecule has 2 unspecified atom stereocenters. The normalized spacial score (nSPS) is 24.3. The van der Waals surface area contributed by atoms with Gasteiger partial charge in [-0.2, -0.15) is 9.40 Å². The van der Waals surface area contributed by atoms with Crippen LogP contribution in [0.25, 0.3) is 0 Å². The van der Waals surface area contributed by atoms with E-state index in [-0.39, 0.29) is 17.1 Å². The van der Waals surface area contributed by atoms with Gasteiger partial charge >= 0.3 is 0 Å². The van der Waals surface area contributed by atoms with E-state index in [4.69, 9.17) is 4.74 Å². The fraction of sp³-hybridized carbons (Fsp3) is 0.769. The van der Waals surface area contributed by atoms with Crippen LogP contribution < -0.4 is 5.32 Å². The highest BCUT2D eigenvalue weighted by Crippen LogP contribution is 2.20. The summed E-state index contributed by atoms with van der Waals surface area (Å²) in [5, 5.41) is 7.31. The summed E-state index contributed by atoms with van der Waals surface area (Å²) in [6, 6.07) is 0. The van der Waals surface area contributed by atoms with Crippen LogP contribution in [0.4, 0.5) is 0 Å². The summed E-state index contributed by atoms with van der Waals surface area (Å²) in [5.41, 5.74) is 0. The number of aromatic nitrogens is 2. The molecule has 8 heteroatoms. The summed E-state index contributed by atoms with van der Waals surface area (Å²) in [6.07, 6.45) is 2.84. The zero-order valence-electron chi connectivity index (χ0n) is 12.8. The Labute approximate surface area is 126 Å². The van der Waals surface area contributed by atoms with Crippen molar-refractivity contribution < 1.29 is 13.2 Å². The van der Waals surface area contributed by atoms with Crippen LogP contribution in [0.5, 0.6) is 0 Å². The van der Waals surface area contributed by atoms with Crippen molar-refractivity contribution in [2.45, 2.75) is 44.4 Å². The summed E-state index contributed by atoms with van der Waals surface area (Å²) in [5.74, 6) is 0. The Morgan fingerprint density at radius 3 is 2.67 bits per heavy atom. The SMILES string of the molecule is CCNCCn1cc(S(=O)(=O)N2CC(C)OC(C)C2)cn1. The first-order chi connectivity index (χ1) is 9.93. The highest BCUT2D eigenvalue weighted by molar-refractivity contribution is 7.89. The molecule has 1 fully saturated rings. The number of hydrogen-bond acceptors (Lipinski definition) is 5. The van der Waals surface area contributed by atoms with Crippen LogP contribution in [-0.4, -0.2) is 60.9 Å². The minimum Gasteiger partial charge on any atom is -0.373 e. The number of likely N-dealkylation sites (N-methyl/N-ethyl adjacent to an activating group) is 1. The van der Waals surface area contributed by atoms with E-state index in [0.29, 0.717) is 19.6 Å². The maximum atomic E-state index is 12.6. The third kappa shape index (κ3) is 4.03. The van der Waals surface area contributed by atoms with E-state index in [2.05, 4.69) is 10.4 Å². The number of sulfonamides is 1. The maximum absolute atomic E-state index is 12.6. The fourth-order valence-electron chi connectivity index (χ4n) is 2.45. The molecule has 2 rings (SSSR count). The van der Waals surface area contributed by atoms with E-state index in [1.54, 1.807) is 10.9 Å². The third-order valence-electron chi connectivity index (χ3n) is 3.40. The van der Waals surface area contributed by atoms with Crippen molar-refractivity contribution in [1.29, 1.82) is 0 Å². The molecule has 7 nitrogen and oxygen atoms in total. The molecule has 1 aliphatic heterocycles. The minimum atomic E-state index is -3.49. The first-order valence-corrected chi connectivity index (χ1v) is 8.76. The van der Waals surface area contributed by atoms with Gasteiger partial charge < -0.3 is 10.1 Å². The number of nitrogens with zero attached hydrogens (tertiary/aromatic N) is 3. The predicted octanol–water partition coefficient (Wildman–Crippen LogP) is 0.291. The Hall–Kier alpha value is -0.960. The second-order valence-electron chi connectivity index (χ2n) is 5.37. The average molecular weight is 316 g/mol. The van der Waals surface area contributed by atoms with Gasteiger partial charge in [-0.15, -0.1) is 0 Å². The molecule has 1 saturated heterocycles. The summed E-state index contributed by atoms with van der Waals surface area (Å²) in [4.78, 5) is 0.250. The van der Waals surface area contributed by atoms with Crippen molar-refractivity contribution in [2.75, 3.05) is 26.2 Å². The van der Waals surface area contributed by atoms with Gasteiger partial charge in [-0.1, -0.05) is 6.92 Å². The molecule has 0 amide bonds. The number of ether oxygens (including phenoxy) is 1. The van der Waals surface area contributed by atoms with E-state index < -0.39 is 10.0 Å². The third-order valence-corrected chi connectivity index (χ3v) is 5.19. The molecule has 0 saturated carbocycles. The second-order valence-corrected chi connectivity index (χ2v) is 7.31. The zero-order valence-corrected chi connectivity index (χ0v) is 13.6. The van der Waals surface area contributed by atoms with E-state index in [0.717, 1.165) is 13.1 Å². The molecule has 2 heterocycles. The molecule has 1 aromatic rings. The number of nitrogens with one attached hydrogen (secondary N) is 1. The lowest BCUT2D eigenvalue weighted by Gasteiger charge is -2.34. The maximum Gasteiger partial charge on any atom is 0.246 e. The Balaban J connectivity index is 2.08. The van der Waals surface area contributed by atoms with Crippen molar-refractivity contribution in [1.82, 2.24) is 19.4 Å². The van der Waals surface area contributed by atoms with Gasteiger partial charge in [-0.05, 0) is 20.4 Å². The van der Waals surface area contributed by atoms with Crippen LogP contribution in [0, 0.1) is 0 Å². The van der Waals surface area contributed by atoms with Crippen molar-refractivity contribution in [3.63, 3.8) is 0 Å². The number of hydrogen-bond donors (Lipinski definition) is 1. The summed E-state index contributed by atoms with van der Waals surface area (Å²) >= 11 is 0. The lowest BCUT2D eigenvalue weighted by Crippen LogP contribution is -2.48. The van der Waals surface area contributed by atoms with E-state index in [1.807, 2.05) is 20.8 Å². The van der Waals surface area contributed by atoms with Crippen LogP contribution >= 0.6 is 0 Å². The van der Waals surface area contributed by atoms with Crippen LogP contribution in [0.3, 0.4) is 0 Å². The first-order valence-electron chi connectivity index (χ1n) is 7.32. The van der Waals surface area contributed by atoms with Crippen LogP contribution in [0.1, 0.15) is 20.8 Å². The molecule has 1 aliphatic rings. The van der Waals surface area contributed by atoms with E-state index >= 15 is 0 Å². The lowest BCUT2D eigenvalue weighted by atomic mass is 10.3. The van der Waals surface area contributed by atoms with Gasteiger partial charge in [0.1, 0.15) is 4.90 Å². The molecule has 0 spiro atoms. The van der Waals surface area contributed by atoms with Crippen molar-refractivity contribution in [2.24, 2.45) is 0 Å². The largest absolute Gasteiger partial charge is 0.373 e. The van der Waals surface area contributed by atoms with Crippen LogP contribution in [0.2, 0.25) is 0 Å². The predicted molar refractivity (Wildman–Crippen MR) is 79.5 cm³/mol. The molecule has 120 valence electrons. The Kier molecular flexibility index (Phi) is 5.37. The fourth-order valence-corrected chi connectivity index (χ4v) is 3.99. The molecular formula is C13H24N4O3S. The quantitative estimate of drug-likeness (QED) is 0.764. The van der Waals surface area contributed by atoms with Crippen LogP contribution in [0.15, 0.2) is 17.3 Å². The highest BCUT2D eigenvalue weighted by Gasteiger charge is 2.32. The van der Waals surface area contributed by atoms with E-state index in [1.165, 1.54) is 10.5 Å². The highest BCUT2D eigenvalue weighted by atomic mass is 32.2. The molecule has 2 atom stereocenters. The average Bonchev–Trinajstić information content (AvgIpc) is 2.87. The van der Waals surface area contributed by atoms with Crippen molar-refractivity contribution in [3.05, 3.63) is 12.4 Å². The number of morpholine rings is 1. The van der Waals surface area contributed by atoms with Gasteiger partial charge in [0.25, 0.3) is 0 Å². The molecule has 1 aromatic heterocycles. The standard InChI is InChI=1S/C13H24N4O3S/c1-4-14-5-6-16-10-13(7-15-16)21(18,19)17-8-11(2)20-12(3)9-17/h7,10-12,14H,4-6,8-9H2,1-3H3. The first kappa shape index (κ1) is 16.4. The van der Waals surface area contributed by atoms with Crippen molar-refractivity contribution >= 4 is 10.0 Å². The van der Waals surface area contributed by atoms with E-state index in [9.17, 15) is 8.42 Å². The van der Waals surface area contributed by atoms with Gasteiger partial charge in [-0.25, -0.2) is 8.42 Å². The molecule has 21 heavy (non-hydrogen) atoms. The van der Waals surface area contributed by atoms with Gasteiger partial charge in [0.15, 0.2) is 0 Å². The Morgan fingerprint density at radius 2 is 2.05 bits per heavy atom. The smallest absolute Gasteiger partial charge is 0.246 e. The topological polar surface area (TPSA) is 76.5 Å². The molecule has 1 N–H and O–H groups in total. The van der Waals surface area contributed by atoms with Crippen LogP contribution in [-0.2, 0) is 21.3 Å². The lowest BCUT2D eigenvalue weighted by molar-refractivity contribution is -0.0440. The molecule has 0 radical (unpaired) electrons. The Bertz CT molecular complexity index is 548. The second kappa shape index (κ2) is 6.87. The van der Waals surface area contributed by atoms with Crippen molar-refractivity contribution in [3.8, 4) is 0 Å². The molecular weight excluding hydrogens is 292 g/mol. The summed E-state index contributed by atoms with van der Waals surface area (Å²) in [6.45, 7) is 8.87. The number of rotatable bonds is 6. The minimum absolute atomic E-state index is 0.0904. The zero-order chi connectivity index (χ0) is 15.5. The van der Waals surface area contributed by atoms with Gasteiger partial charge in [0.05, 0.1) is 24.9 Å². The van der Waals surface area contributed by atoms with Gasteiger partial charge in [0, 0.05) is 25.8 Å². The Morgan fingerprint density at radius 1 is 1.38 bits per heavy atom. The van der Waals surface area contributed by atoms with Gasteiger partial charge in [-0.3, -0.25) is 4.68 Å². The monoisotopic (exact) mass is 316 g/mol. The summed E-state index contributed by atoms with van der Waals surface area (Å²) in [7, 11) is -3.49. The molecule has 0 aliphatic carbocycles.